The van der Waals surface area contributed by atoms with Crippen LogP contribution in [0.2, 0.25) is 0 Å². The molecule has 1 saturated carbocycles. The molecule has 3 rings (SSSR count). The van der Waals surface area contributed by atoms with Gasteiger partial charge in [0.25, 0.3) is 5.91 Å². The standard InChI is InChI=1S/C22H35N3O2.2ClH/c1-3-24(4-2)15-16-27-21-9-7-19(8-10-21)22(26)25-13-11-20(12-14-25)23-17-18-5-6-18;;/h7-10,18,20,23H,3-6,11-17H2,1-2H3;2*1H. The van der Waals surface area contributed by atoms with Gasteiger partial charge in [-0.2, -0.15) is 0 Å². The molecular formula is C22H37Cl2N3O2. The number of ether oxygens (including phenoxy) is 1. The lowest BCUT2D eigenvalue weighted by atomic mass is 10.0. The van der Waals surface area contributed by atoms with Gasteiger partial charge in [-0.15, -0.1) is 24.8 Å². The molecule has 1 amide bonds. The quantitative estimate of drug-likeness (QED) is 0.593. The number of benzene rings is 1. The third-order valence-corrected chi connectivity index (χ3v) is 5.85. The molecule has 0 bridgehead atoms. The molecule has 0 atom stereocenters. The van der Waals surface area contributed by atoms with Crippen LogP contribution in [0.25, 0.3) is 0 Å². The maximum atomic E-state index is 12.7. The molecular weight excluding hydrogens is 409 g/mol. The number of hydrogen-bond acceptors (Lipinski definition) is 4. The van der Waals surface area contributed by atoms with E-state index in [4.69, 9.17) is 4.74 Å². The van der Waals surface area contributed by atoms with Crippen molar-refractivity contribution < 1.29 is 9.53 Å². The van der Waals surface area contributed by atoms with Gasteiger partial charge < -0.3 is 19.9 Å². The van der Waals surface area contributed by atoms with Gasteiger partial charge >= 0.3 is 0 Å². The van der Waals surface area contributed by atoms with Gasteiger partial charge in [-0.3, -0.25) is 4.79 Å². The molecule has 1 N–H and O–H groups in total. The first-order valence-corrected chi connectivity index (χ1v) is 10.7. The molecule has 1 aliphatic carbocycles. The predicted octanol–water partition coefficient (Wildman–Crippen LogP) is 3.86. The first-order valence-electron chi connectivity index (χ1n) is 10.7. The average Bonchev–Trinajstić information content (AvgIpc) is 3.55. The summed E-state index contributed by atoms with van der Waals surface area (Å²) in [6, 6.07) is 8.20. The molecule has 2 aliphatic rings. The zero-order valence-electron chi connectivity index (χ0n) is 17.8. The smallest absolute Gasteiger partial charge is 0.253 e. The highest BCUT2D eigenvalue weighted by atomic mass is 35.5. The van der Waals surface area contributed by atoms with Crippen LogP contribution < -0.4 is 10.1 Å². The summed E-state index contributed by atoms with van der Waals surface area (Å²) in [7, 11) is 0. The SMILES string of the molecule is CCN(CC)CCOc1ccc(C(=O)N2CCC(NCC3CC3)CC2)cc1.Cl.Cl. The van der Waals surface area contributed by atoms with Crippen molar-refractivity contribution in [2.45, 2.75) is 45.6 Å². The van der Waals surface area contributed by atoms with Crippen LogP contribution in [0.3, 0.4) is 0 Å². The van der Waals surface area contributed by atoms with Gasteiger partial charge in [-0.05, 0) is 75.5 Å². The Morgan fingerprint density at radius 3 is 2.24 bits per heavy atom. The number of nitrogens with zero attached hydrogens (tertiary/aromatic N) is 2. The molecule has 5 nitrogen and oxygen atoms in total. The maximum Gasteiger partial charge on any atom is 0.253 e. The zero-order chi connectivity index (χ0) is 19.1. The van der Waals surface area contributed by atoms with Crippen molar-refractivity contribution in [3.05, 3.63) is 29.8 Å². The minimum absolute atomic E-state index is 0. The van der Waals surface area contributed by atoms with Gasteiger partial charge in [-0.25, -0.2) is 0 Å². The summed E-state index contributed by atoms with van der Waals surface area (Å²) >= 11 is 0. The fourth-order valence-electron chi connectivity index (χ4n) is 3.65. The van der Waals surface area contributed by atoms with Gasteiger partial charge in [0.2, 0.25) is 0 Å². The van der Waals surface area contributed by atoms with E-state index in [0.717, 1.165) is 69.3 Å². The summed E-state index contributed by atoms with van der Waals surface area (Å²) < 4.78 is 5.81. The van der Waals surface area contributed by atoms with Gasteiger partial charge in [-0.1, -0.05) is 13.8 Å². The second kappa shape index (κ2) is 13.3. The van der Waals surface area contributed by atoms with Gasteiger partial charge in [0.1, 0.15) is 12.4 Å². The third kappa shape index (κ3) is 8.33. The molecule has 0 radical (unpaired) electrons. The molecule has 0 unspecified atom stereocenters. The number of likely N-dealkylation sites (N-methyl/N-ethyl adjacent to an activating group) is 1. The topological polar surface area (TPSA) is 44.8 Å². The van der Waals surface area contributed by atoms with Crippen LogP contribution >= 0.6 is 24.8 Å². The molecule has 1 saturated heterocycles. The Balaban J connectivity index is 0.00000210. The molecule has 2 fully saturated rings. The summed E-state index contributed by atoms with van der Waals surface area (Å²) in [4.78, 5) is 17.1. The maximum absolute atomic E-state index is 12.7. The minimum atomic E-state index is 0. The summed E-state index contributed by atoms with van der Waals surface area (Å²) in [6.07, 6.45) is 4.90. The molecule has 1 heterocycles. The van der Waals surface area contributed by atoms with Crippen molar-refractivity contribution in [1.29, 1.82) is 0 Å². The lowest BCUT2D eigenvalue weighted by molar-refractivity contribution is 0.0705. The van der Waals surface area contributed by atoms with Crippen LogP contribution in [0, 0.1) is 5.92 Å². The van der Waals surface area contributed by atoms with E-state index in [9.17, 15) is 4.79 Å². The number of carbonyl (C=O) groups excluding carboxylic acids is 1. The molecule has 1 aromatic rings. The van der Waals surface area contributed by atoms with E-state index in [2.05, 4.69) is 24.1 Å². The number of likely N-dealkylation sites (tertiary alicyclic amines) is 1. The number of amides is 1. The van der Waals surface area contributed by atoms with Crippen LogP contribution in [-0.2, 0) is 0 Å². The van der Waals surface area contributed by atoms with Crippen molar-refractivity contribution in [3.8, 4) is 5.75 Å². The Kier molecular flexibility index (Phi) is 12.0. The number of rotatable bonds is 10. The second-order valence-electron chi connectivity index (χ2n) is 7.82. The van der Waals surface area contributed by atoms with Crippen LogP contribution in [-0.4, -0.2) is 67.6 Å². The van der Waals surface area contributed by atoms with Crippen molar-refractivity contribution in [2.75, 3.05) is 45.9 Å². The van der Waals surface area contributed by atoms with Crippen molar-refractivity contribution in [1.82, 2.24) is 15.1 Å². The summed E-state index contributed by atoms with van der Waals surface area (Å²) in [5, 5.41) is 3.67. The lowest BCUT2D eigenvalue weighted by Gasteiger charge is -2.32. The third-order valence-electron chi connectivity index (χ3n) is 5.85. The van der Waals surface area contributed by atoms with Crippen LogP contribution in [0.1, 0.15) is 49.9 Å². The van der Waals surface area contributed by atoms with Crippen molar-refractivity contribution in [2.24, 2.45) is 5.92 Å². The Hall–Kier alpha value is -1.01. The highest BCUT2D eigenvalue weighted by molar-refractivity contribution is 5.94. The predicted molar refractivity (Wildman–Crippen MR) is 124 cm³/mol. The summed E-state index contributed by atoms with van der Waals surface area (Å²) in [6.45, 7) is 10.9. The number of piperidine rings is 1. The van der Waals surface area contributed by atoms with E-state index in [1.54, 1.807) is 0 Å². The van der Waals surface area contributed by atoms with Crippen molar-refractivity contribution >= 4 is 30.7 Å². The van der Waals surface area contributed by atoms with E-state index >= 15 is 0 Å². The zero-order valence-corrected chi connectivity index (χ0v) is 19.4. The largest absolute Gasteiger partial charge is 0.492 e. The first kappa shape index (κ1) is 26.0. The van der Waals surface area contributed by atoms with Crippen LogP contribution in [0.4, 0.5) is 0 Å². The average molecular weight is 446 g/mol. The van der Waals surface area contributed by atoms with E-state index in [1.807, 2.05) is 29.2 Å². The Morgan fingerprint density at radius 2 is 1.69 bits per heavy atom. The second-order valence-corrected chi connectivity index (χ2v) is 7.82. The first-order chi connectivity index (χ1) is 13.2. The molecule has 0 spiro atoms. The minimum Gasteiger partial charge on any atom is -0.492 e. The normalized spacial score (nSPS) is 16.9. The van der Waals surface area contributed by atoms with E-state index in [0.29, 0.717) is 12.6 Å². The summed E-state index contributed by atoms with van der Waals surface area (Å²) in [5.74, 6) is 1.89. The van der Waals surface area contributed by atoms with Crippen molar-refractivity contribution in [3.63, 3.8) is 0 Å². The molecule has 29 heavy (non-hydrogen) atoms. The molecule has 1 aliphatic heterocycles. The molecule has 0 aromatic heterocycles. The van der Waals surface area contributed by atoms with E-state index < -0.39 is 0 Å². The number of carbonyl (C=O) groups is 1. The highest BCUT2D eigenvalue weighted by Gasteiger charge is 2.26. The fraction of sp³-hybridized carbons (Fsp3) is 0.682. The van der Waals surface area contributed by atoms with Gasteiger partial charge in [0.15, 0.2) is 0 Å². The number of hydrogen-bond donors (Lipinski definition) is 1. The molecule has 1 aromatic carbocycles. The van der Waals surface area contributed by atoms with Crippen LogP contribution in [0.15, 0.2) is 24.3 Å². The Bertz CT molecular complexity index is 584. The Labute approximate surface area is 188 Å². The number of halogens is 2. The summed E-state index contributed by atoms with van der Waals surface area (Å²) in [5.41, 5.74) is 0.760. The Morgan fingerprint density at radius 1 is 1.07 bits per heavy atom. The van der Waals surface area contributed by atoms with Gasteiger partial charge in [0.05, 0.1) is 0 Å². The molecule has 166 valence electrons. The molecule has 7 heteroatoms. The van der Waals surface area contributed by atoms with Crippen LogP contribution in [0.5, 0.6) is 5.75 Å². The fourth-order valence-corrected chi connectivity index (χ4v) is 3.65. The number of nitrogens with one attached hydrogen (secondary N) is 1. The van der Waals surface area contributed by atoms with Gasteiger partial charge in [0, 0.05) is 31.2 Å². The van der Waals surface area contributed by atoms with E-state index in [-0.39, 0.29) is 30.7 Å². The van der Waals surface area contributed by atoms with E-state index in [1.165, 1.54) is 12.8 Å². The lowest BCUT2D eigenvalue weighted by Crippen LogP contribution is -2.45. The highest BCUT2D eigenvalue weighted by Crippen LogP contribution is 2.28. The monoisotopic (exact) mass is 445 g/mol.